The van der Waals surface area contributed by atoms with Crippen LogP contribution < -0.4 is 5.73 Å². The molecule has 0 aliphatic heterocycles. The molecule has 0 spiro atoms. The van der Waals surface area contributed by atoms with Crippen LogP contribution in [0, 0.1) is 17.5 Å². The fourth-order valence-electron chi connectivity index (χ4n) is 0.937. The number of hydrogen-bond acceptors (Lipinski definition) is 3. The molecule has 1 aromatic rings. The van der Waals surface area contributed by atoms with Crippen LogP contribution in [0.3, 0.4) is 0 Å². The van der Waals surface area contributed by atoms with Crippen LogP contribution in [0.2, 0.25) is 0 Å². The van der Waals surface area contributed by atoms with Crippen molar-refractivity contribution >= 4 is 15.5 Å². The van der Waals surface area contributed by atoms with Gasteiger partial charge >= 0.3 is 0 Å². The molecule has 0 radical (unpaired) electrons. The third kappa shape index (κ3) is 1.67. The summed E-state index contributed by atoms with van der Waals surface area (Å²) >= 11 is 0. The maximum absolute atomic E-state index is 12.9. The van der Waals surface area contributed by atoms with Gasteiger partial charge in [0.2, 0.25) is 0 Å². The molecule has 0 atom stereocenters. The fraction of sp³-hybridized carbons (Fsp3) is 0.143. The molecule has 0 unspecified atom stereocenters. The van der Waals surface area contributed by atoms with Gasteiger partial charge in [-0.25, -0.2) is 21.6 Å². The molecule has 0 aliphatic rings. The molecule has 0 aromatic heterocycles. The van der Waals surface area contributed by atoms with Gasteiger partial charge in [-0.1, -0.05) is 0 Å². The van der Waals surface area contributed by atoms with E-state index in [0.29, 0.717) is 12.3 Å². The van der Waals surface area contributed by atoms with E-state index in [4.69, 9.17) is 5.73 Å². The molecule has 14 heavy (non-hydrogen) atoms. The van der Waals surface area contributed by atoms with Crippen molar-refractivity contribution in [1.29, 1.82) is 0 Å². The Morgan fingerprint density at radius 3 is 2.14 bits per heavy atom. The fourth-order valence-corrected chi connectivity index (χ4v) is 1.76. The predicted molar refractivity (Wildman–Crippen MR) is 43.8 cm³/mol. The second-order valence-corrected chi connectivity index (χ2v) is 4.63. The number of hydrogen-bond donors (Lipinski definition) is 1. The van der Waals surface area contributed by atoms with Crippen molar-refractivity contribution in [1.82, 2.24) is 0 Å². The maximum atomic E-state index is 12.9. The van der Waals surface area contributed by atoms with E-state index in [9.17, 15) is 21.6 Å². The van der Waals surface area contributed by atoms with E-state index in [1.165, 1.54) is 0 Å². The molecular formula is C7H6F3NO2S. The van der Waals surface area contributed by atoms with Crippen molar-refractivity contribution in [2.45, 2.75) is 4.90 Å². The number of rotatable bonds is 1. The highest BCUT2D eigenvalue weighted by Crippen LogP contribution is 2.25. The summed E-state index contributed by atoms with van der Waals surface area (Å²) in [6.45, 7) is 0. The van der Waals surface area contributed by atoms with Crippen molar-refractivity contribution in [3.05, 3.63) is 23.5 Å². The molecule has 2 N–H and O–H groups in total. The van der Waals surface area contributed by atoms with Gasteiger partial charge in [-0.2, -0.15) is 0 Å². The first-order valence-electron chi connectivity index (χ1n) is 3.38. The van der Waals surface area contributed by atoms with E-state index in [-0.39, 0.29) is 0 Å². The molecule has 1 rings (SSSR count). The van der Waals surface area contributed by atoms with Crippen LogP contribution in [-0.2, 0) is 9.84 Å². The summed E-state index contributed by atoms with van der Waals surface area (Å²) < 4.78 is 60.3. The molecule has 3 nitrogen and oxygen atoms in total. The quantitative estimate of drug-likeness (QED) is 0.575. The van der Waals surface area contributed by atoms with Crippen molar-refractivity contribution in [2.24, 2.45) is 0 Å². The van der Waals surface area contributed by atoms with Crippen LogP contribution in [0.15, 0.2) is 11.0 Å². The number of sulfone groups is 1. The van der Waals surface area contributed by atoms with E-state index in [2.05, 4.69) is 0 Å². The predicted octanol–water partition coefficient (Wildman–Crippen LogP) is 1.09. The summed E-state index contributed by atoms with van der Waals surface area (Å²) in [6.07, 6.45) is 0.574. The molecule has 0 fully saturated rings. The normalized spacial score (nSPS) is 11.7. The Bertz CT molecular complexity index is 484. The highest BCUT2D eigenvalue weighted by Gasteiger charge is 2.24. The molecule has 0 amide bonds. The lowest BCUT2D eigenvalue weighted by Gasteiger charge is -2.05. The van der Waals surface area contributed by atoms with Crippen LogP contribution >= 0.6 is 0 Å². The number of halogens is 3. The molecule has 0 aliphatic carbocycles. The lowest BCUT2D eigenvalue weighted by molar-refractivity contribution is 0.462. The Labute approximate surface area is 78.3 Å². The number of nitrogen functional groups attached to an aromatic ring is 1. The van der Waals surface area contributed by atoms with Crippen LogP contribution in [0.25, 0.3) is 0 Å². The maximum Gasteiger partial charge on any atom is 0.183 e. The Balaban J connectivity index is 3.70. The second-order valence-electron chi connectivity index (χ2n) is 2.68. The first-order chi connectivity index (χ1) is 6.25. The van der Waals surface area contributed by atoms with E-state index >= 15 is 0 Å². The van der Waals surface area contributed by atoms with Crippen molar-refractivity contribution in [3.8, 4) is 0 Å². The van der Waals surface area contributed by atoms with Crippen molar-refractivity contribution < 1.29 is 21.6 Å². The largest absolute Gasteiger partial charge is 0.396 e. The Hall–Kier alpha value is -1.24. The lowest BCUT2D eigenvalue weighted by atomic mass is 10.3. The van der Waals surface area contributed by atoms with Gasteiger partial charge in [-0.3, -0.25) is 0 Å². The van der Waals surface area contributed by atoms with Gasteiger partial charge in [0.05, 0.1) is 5.69 Å². The van der Waals surface area contributed by atoms with Crippen LogP contribution in [0.5, 0.6) is 0 Å². The highest BCUT2D eigenvalue weighted by atomic mass is 32.2. The lowest BCUT2D eigenvalue weighted by Crippen LogP contribution is -2.08. The smallest absolute Gasteiger partial charge is 0.183 e. The molecule has 7 heteroatoms. The molecule has 78 valence electrons. The van der Waals surface area contributed by atoms with Crippen LogP contribution in [-0.4, -0.2) is 14.7 Å². The number of benzene rings is 1. The van der Waals surface area contributed by atoms with Crippen LogP contribution in [0.1, 0.15) is 0 Å². The third-order valence-electron chi connectivity index (χ3n) is 1.52. The highest BCUT2D eigenvalue weighted by molar-refractivity contribution is 7.90. The van der Waals surface area contributed by atoms with Gasteiger partial charge in [-0.15, -0.1) is 0 Å². The average molecular weight is 225 g/mol. The summed E-state index contributed by atoms with van der Waals surface area (Å²) in [5, 5.41) is 0. The van der Waals surface area contributed by atoms with Gasteiger partial charge in [0.1, 0.15) is 10.7 Å². The molecule has 0 bridgehead atoms. The average Bonchev–Trinajstić information content (AvgIpc) is 1.97. The van der Waals surface area contributed by atoms with Crippen molar-refractivity contribution in [2.75, 3.05) is 12.0 Å². The first kappa shape index (κ1) is 10.8. The summed E-state index contributed by atoms with van der Waals surface area (Å²) in [6, 6.07) is 0.425. The van der Waals surface area contributed by atoms with Gasteiger partial charge in [-0.05, 0) is 0 Å². The minimum atomic E-state index is -4.15. The van der Waals surface area contributed by atoms with E-state index in [1.54, 1.807) is 0 Å². The summed E-state index contributed by atoms with van der Waals surface area (Å²) in [7, 11) is -4.15. The Kier molecular flexibility index (Phi) is 2.45. The topological polar surface area (TPSA) is 60.2 Å². The zero-order chi connectivity index (χ0) is 11.1. The van der Waals surface area contributed by atoms with Gasteiger partial charge < -0.3 is 5.73 Å². The first-order valence-corrected chi connectivity index (χ1v) is 5.27. The Morgan fingerprint density at radius 2 is 1.71 bits per heavy atom. The molecule has 0 heterocycles. The minimum absolute atomic E-state index is 0.425. The molecule has 1 aromatic carbocycles. The summed E-state index contributed by atoms with van der Waals surface area (Å²) in [5.41, 5.74) is 4.11. The zero-order valence-corrected chi connectivity index (χ0v) is 7.83. The standard InChI is InChI=1S/C7H6F3NO2S/c1-14(12,13)7-3(8)2-4(11)5(9)6(7)10/h2H,11H2,1H3. The SMILES string of the molecule is CS(=O)(=O)c1c(F)cc(N)c(F)c1F. The monoisotopic (exact) mass is 225 g/mol. The van der Waals surface area contributed by atoms with Gasteiger partial charge in [0.15, 0.2) is 21.5 Å². The second kappa shape index (κ2) is 3.16. The van der Waals surface area contributed by atoms with Gasteiger partial charge in [0, 0.05) is 12.3 Å². The van der Waals surface area contributed by atoms with E-state index < -0.39 is 37.9 Å². The number of nitrogens with two attached hydrogens (primary N) is 1. The van der Waals surface area contributed by atoms with Crippen molar-refractivity contribution in [3.63, 3.8) is 0 Å². The molecule has 0 saturated carbocycles. The summed E-state index contributed by atoms with van der Waals surface area (Å²) in [4.78, 5) is -1.30. The van der Waals surface area contributed by atoms with Crippen LogP contribution in [0.4, 0.5) is 18.9 Å². The number of anilines is 1. The molecule has 0 saturated heterocycles. The minimum Gasteiger partial charge on any atom is -0.396 e. The summed E-state index contributed by atoms with van der Waals surface area (Å²) in [5.74, 6) is -4.75. The van der Waals surface area contributed by atoms with Gasteiger partial charge in [0.25, 0.3) is 0 Å². The third-order valence-corrected chi connectivity index (χ3v) is 2.63. The molecular weight excluding hydrogens is 219 g/mol. The zero-order valence-electron chi connectivity index (χ0n) is 7.01. The Morgan fingerprint density at radius 1 is 1.21 bits per heavy atom. The van der Waals surface area contributed by atoms with E-state index in [1.807, 2.05) is 0 Å². The van der Waals surface area contributed by atoms with E-state index in [0.717, 1.165) is 0 Å².